The summed E-state index contributed by atoms with van der Waals surface area (Å²) in [4.78, 5) is 1.82. The number of aryl methyl sites for hydroxylation is 3. The lowest BCUT2D eigenvalue weighted by molar-refractivity contribution is 0.408. The molecule has 0 saturated carbocycles. The summed E-state index contributed by atoms with van der Waals surface area (Å²) >= 11 is 0. The number of aromatic hydroxyl groups is 3. The second-order valence-electron chi connectivity index (χ2n) is 7.74. The van der Waals surface area contributed by atoms with Gasteiger partial charge in [0.05, 0.1) is 17.1 Å². The monoisotopic (exact) mass is 427 g/mol. The first kappa shape index (κ1) is 21.1. The Kier molecular flexibility index (Phi) is 5.65. The van der Waals surface area contributed by atoms with E-state index in [1.54, 1.807) is 42.5 Å². The van der Waals surface area contributed by atoms with Gasteiger partial charge >= 0.3 is 0 Å². The molecule has 162 valence electrons. The minimum absolute atomic E-state index is 0.0860. The first-order valence-corrected chi connectivity index (χ1v) is 10.3. The van der Waals surface area contributed by atoms with E-state index in [2.05, 4.69) is 0 Å². The Morgan fingerprint density at radius 3 is 1.75 bits per heavy atom. The molecule has 5 heteroatoms. The smallest absolute Gasteiger partial charge is 0.169 e. The summed E-state index contributed by atoms with van der Waals surface area (Å²) in [7, 11) is 0. The predicted octanol–water partition coefficient (Wildman–Crippen LogP) is 6.99. The van der Waals surface area contributed by atoms with Gasteiger partial charge in [-0.25, -0.2) is 0 Å². The Morgan fingerprint density at radius 1 is 0.625 bits per heavy atom. The van der Waals surface area contributed by atoms with Crippen molar-refractivity contribution in [3.05, 3.63) is 95.6 Å². The second-order valence-corrected chi connectivity index (χ2v) is 7.74. The standard InChI is InChI=1S/C27H25NO4/c1-17-8-4-13-22(29)25(17)28(26-18(2)9-5-14-23(26)30)20-11-7-12-21(16-20)32-24-15-6-10-19(3)27(24)31/h4-16,29-31H,1-3H3. The van der Waals surface area contributed by atoms with Crippen LogP contribution < -0.4 is 9.64 Å². The lowest BCUT2D eigenvalue weighted by Gasteiger charge is -2.29. The maximum absolute atomic E-state index is 10.8. The molecule has 0 saturated heterocycles. The van der Waals surface area contributed by atoms with Crippen LogP contribution in [0.1, 0.15) is 16.7 Å². The van der Waals surface area contributed by atoms with Crippen LogP contribution in [0.4, 0.5) is 17.1 Å². The van der Waals surface area contributed by atoms with Crippen molar-refractivity contribution >= 4 is 17.1 Å². The van der Waals surface area contributed by atoms with Crippen molar-refractivity contribution in [3.63, 3.8) is 0 Å². The van der Waals surface area contributed by atoms with Crippen LogP contribution in [-0.2, 0) is 0 Å². The molecule has 0 aliphatic rings. The molecule has 0 aromatic heterocycles. The number of nitrogens with zero attached hydrogens (tertiary/aromatic N) is 1. The number of hydrogen-bond donors (Lipinski definition) is 3. The second kappa shape index (κ2) is 8.55. The van der Waals surface area contributed by atoms with Crippen LogP contribution in [0, 0.1) is 20.8 Å². The van der Waals surface area contributed by atoms with Crippen LogP contribution >= 0.6 is 0 Å². The van der Waals surface area contributed by atoms with Crippen LogP contribution in [0.3, 0.4) is 0 Å². The largest absolute Gasteiger partial charge is 0.506 e. The minimum atomic E-state index is 0.0860. The summed E-state index contributed by atoms with van der Waals surface area (Å²) in [5, 5.41) is 31.8. The fraction of sp³-hybridized carbons (Fsp3) is 0.111. The van der Waals surface area contributed by atoms with Gasteiger partial charge in [0.25, 0.3) is 0 Å². The molecule has 0 fully saturated rings. The number of hydrogen-bond acceptors (Lipinski definition) is 5. The van der Waals surface area contributed by atoms with Crippen LogP contribution in [0.2, 0.25) is 0 Å². The summed E-state index contributed by atoms with van der Waals surface area (Å²) in [6, 6.07) is 23.2. The number of benzene rings is 4. The van der Waals surface area contributed by atoms with E-state index in [9.17, 15) is 15.3 Å². The van der Waals surface area contributed by atoms with Gasteiger partial charge in [-0.15, -0.1) is 0 Å². The van der Waals surface area contributed by atoms with Gasteiger partial charge in [-0.05, 0) is 67.8 Å². The topological polar surface area (TPSA) is 73.2 Å². The van der Waals surface area contributed by atoms with Crippen molar-refractivity contribution < 1.29 is 20.1 Å². The third-order valence-electron chi connectivity index (χ3n) is 5.38. The highest BCUT2D eigenvalue weighted by molar-refractivity contribution is 5.86. The van der Waals surface area contributed by atoms with E-state index in [4.69, 9.17) is 4.74 Å². The molecule has 32 heavy (non-hydrogen) atoms. The molecule has 3 N–H and O–H groups in total. The van der Waals surface area contributed by atoms with E-state index < -0.39 is 0 Å². The van der Waals surface area contributed by atoms with E-state index in [0.29, 0.717) is 28.6 Å². The lowest BCUT2D eigenvalue weighted by Crippen LogP contribution is -2.13. The molecule has 4 aromatic carbocycles. The van der Waals surface area contributed by atoms with Crippen LogP contribution in [0.15, 0.2) is 78.9 Å². The highest BCUT2D eigenvalue weighted by Gasteiger charge is 2.23. The number of rotatable bonds is 5. The molecule has 0 radical (unpaired) electrons. The minimum Gasteiger partial charge on any atom is -0.506 e. The van der Waals surface area contributed by atoms with Gasteiger partial charge in [0, 0.05) is 6.07 Å². The van der Waals surface area contributed by atoms with Crippen molar-refractivity contribution in [2.45, 2.75) is 20.8 Å². The summed E-state index contributed by atoms with van der Waals surface area (Å²) in [5.41, 5.74) is 4.21. The number of ether oxygens (including phenoxy) is 1. The van der Waals surface area contributed by atoms with E-state index in [-0.39, 0.29) is 17.2 Å². The Balaban J connectivity index is 1.88. The van der Waals surface area contributed by atoms with Crippen molar-refractivity contribution in [2.75, 3.05) is 4.90 Å². The molecular weight excluding hydrogens is 402 g/mol. The average Bonchev–Trinajstić information content (AvgIpc) is 2.76. The first-order valence-electron chi connectivity index (χ1n) is 10.3. The Bertz CT molecular complexity index is 1190. The summed E-state index contributed by atoms with van der Waals surface area (Å²) in [6.07, 6.45) is 0. The molecule has 0 aliphatic carbocycles. The third-order valence-corrected chi connectivity index (χ3v) is 5.38. The first-order chi connectivity index (χ1) is 15.4. The highest BCUT2D eigenvalue weighted by atomic mass is 16.5. The van der Waals surface area contributed by atoms with Crippen LogP contribution in [0.25, 0.3) is 0 Å². The average molecular weight is 428 g/mol. The predicted molar refractivity (Wildman–Crippen MR) is 127 cm³/mol. The third kappa shape index (κ3) is 3.93. The fourth-order valence-corrected chi connectivity index (χ4v) is 3.77. The number of phenols is 3. The Hall–Kier alpha value is -4.12. The van der Waals surface area contributed by atoms with E-state index in [1.165, 1.54) is 0 Å². The normalized spacial score (nSPS) is 10.7. The maximum Gasteiger partial charge on any atom is 0.169 e. The highest BCUT2D eigenvalue weighted by Crippen LogP contribution is 2.47. The maximum atomic E-state index is 10.8. The van der Waals surface area contributed by atoms with E-state index >= 15 is 0 Å². The summed E-state index contributed by atoms with van der Waals surface area (Å²) in [6.45, 7) is 5.62. The van der Waals surface area contributed by atoms with Gasteiger partial charge in [-0.2, -0.15) is 0 Å². The lowest BCUT2D eigenvalue weighted by atomic mass is 10.1. The zero-order chi connectivity index (χ0) is 22.8. The van der Waals surface area contributed by atoms with Gasteiger partial charge in [0.15, 0.2) is 11.5 Å². The van der Waals surface area contributed by atoms with Crippen molar-refractivity contribution in [1.82, 2.24) is 0 Å². The van der Waals surface area contributed by atoms with Crippen molar-refractivity contribution in [3.8, 4) is 28.7 Å². The van der Waals surface area contributed by atoms with E-state index in [1.807, 2.05) is 62.1 Å². The molecule has 4 aromatic rings. The van der Waals surface area contributed by atoms with Crippen LogP contribution in [0.5, 0.6) is 28.7 Å². The molecule has 0 amide bonds. The molecule has 0 atom stereocenters. The molecule has 0 spiro atoms. The number of phenolic OH excluding ortho intramolecular Hbond substituents is 3. The number of para-hydroxylation sites is 3. The zero-order valence-electron chi connectivity index (χ0n) is 18.2. The Labute approximate surface area is 187 Å². The van der Waals surface area contributed by atoms with E-state index in [0.717, 1.165) is 16.7 Å². The van der Waals surface area contributed by atoms with Crippen molar-refractivity contribution in [2.24, 2.45) is 0 Å². The molecule has 0 heterocycles. The quantitative estimate of drug-likeness (QED) is 0.320. The molecule has 0 unspecified atom stereocenters. The summed E-state index contributed by atoms with van der Waals surface area (Å²) in [5.74, 6) is 1.13. The molecule has 0 bridgehead atoms. The van der Waals surface area contributed by atoms with Gasteiger partial charge < -0.3 is 25.0 Å². The SMILES string of the molecule is Cc1cccc(Oc2cccc(N(c3c(C)cccc3O)c3c(C)cccc3O)c2)c1O. The molecule has 0 aliphatic heterocycles. The zero-order valence-corrected chi connectivity index (χ0v) is 18.2. The van der Waals surface area contributed by atoms with Crippen LogP contribution in [-0.4, -0.2) is 15.3 Å². The van der Waals surface area contributed by atoms with Gasteiger partial charge in [-0.3, -0.25) is 0 Å². The summed E-state index contributed by atoms with van der Waals surface area (Å²) < 4.78 is 5.97. The molecular formula is C27H25NO4. The molecule has 5 nitrogen and oxygen atoms in total. The van der Waals surface area contributed by atoms with Gasteiger partial charge in [0.2, 0.25) is 0 Å². The molecule has 4 rings (SSSR count). The number of anilines is 3. The fourth-order valence-electron chi connectivity index (χ4n) is 3.77. The Morgan fingerprint density at radius 2 is 1.16 bits per heavy atom. The van der Waals surface area contributed by atoms with Gasteiger partial charge in [-0.1, -0.05) is 42.5 Å². The van der Waals surface area contributed by atoms with Crippen molar-refractivity contribution in [1.29, 1.82) is 0 Å². The van der Waals surface area contributed by atoms with Gasteiger partial charge in [0.1, 0.15) is 17.2 Å².